The maximum atomic E-state index is 5.97. The molecule has 1 saturated heterocycles. The van der Waals surface area contributed by atoms with Crippen LogP contribution in [0.1, 0.15) is 0 Å². The monoisotopic (exact) mass is 390 g/mol. The summed E-state index contributed by atoms with van der Waals surface area (Å²) in [6.07, 6.45) is 0. The van der Waals surface area contributed by atoms with Crippen molar-refractivity contribution in [3.8, 4) is 22.6 Å². The fourth-order valence-corrected chi connectivity index (χ4v) is 3.64. The lowest BCUT2D eigenvalue weighted by molar-refractivity contribution is 0.122. The number of fused-ring (bicyclic) bond motifs is 1. The Morgan fingerprint density at radius 1 is 0.786 bits per heavy atom. The first-order chi connectivity index (χ1) is 13.8. The van der Waals surface area contributed by atoms with Gasteiger partial charge in [-0.1, -0.05) is 29.8 Å². The Hall–Kier alpha value is -2.82. The van der Waals surface area contributed by atoms with Gasteiger partial charge in [0.05, 0.1) is 13.2 Å². The minimum atomic E-state index is 0.603. The Kier molecular flexibility index (Phi) is 4.51. The Labute approximate surface area is 168 Å². The van der Waals surface area contributed by atoms with E-state index in [-0.39, 0.29) is 0 Å². The summed E-state index contributed by atoms with van der Waals surface area (Å²) in [4.78, 5) is 7.01. The van der Waals surface area contributed by atoms with Crippen LogP contribution in [0.3, 0.4) is 0 Å². The predicted octanol–water partition coefficient (Wildman–Crippen LogP) is 5.65. The first-order valence-corrected chi connectivity index (χ1v) is 9.74. The molecule has 28 heavy (non-hydrogen) atoms. The number of rotatable bonds is 3. The molecule has 0 bridgehead atoms. The van der Waals surface area contributed by atoms with E-state index in [1.165, 1.54) is 5.69 Å². The third-order valence-corrected chi connectivity index (χ3v) is 5.31. The molecule has 3 aromatic carbocycles. The van der Waals surface area contributed by atoms with Gasteiger partial charge < -0.3 is 14.1 Å². The van der Waals surface area contributed by atoms with Gasteiger partial charge in [0.25, 0.3) is 0 Å². The molecule has 4 nitrogen and oxygen atoms in total. The SMILES string of the molecule is Clc1ccc(-c2nc3cc(-c4ccc(N5CCOCC5)cc4)ccc3o2)cc1. The van der Waals surface area contributed by atoms with Gasteiger partial charge in [0.1, 0.15) is 5.52 Å². The maximum absolute atomic E-state index is 5.97. The zero-order chi connectivity index (χ0) is 18.9. The quantitative estimate of drug-likeness (QED) is 0.453. The molecule has 0 N–H and O–H groups in total. The van der Waals surface area contributed by atoms with E-state index in [1.54, 1.807) is 0 Å². The van der Waals surface area contributed by atoms with Gasteiger partial charge in [-0.25, -0.2) is 4.98 Å². The van der Waals surface area contributed by atoms with E-state index >= 15 is 0 Å². The molecule has 0 spiro atoms. The van der Waals surface area contributed by atoms with Gasteiger partial charge in [-0.2, -0.15) is 0 Å². The molecule has 140 valence electrons. The Bertz CT molecular complexity index is 1100. The lowest BCUT2D eigenvalue weighted by Crippen LogP contribution is -2.36. The van der Waals surface area contributed by atoms with Crippen LogP contribution in [-0.2, 0) is 4.74 Å². The summed E-state index contributed by atoms with van der Waals surface area (Å²) in [6.45, 7) is 3.47. The first kappa shape index (κ1) is 17.3. The highest BCUT2D eigenvalue weighted by Crippen LogP contribution is 2.30. The molecular weight excluding hydrogens is 372 g/mol. The molecule has 0 radical (unpaired) electrons. The highest BCUT2D eigenvalue weighted by atomic mass is 35.5. The first-order valence-electron chi connectivity index (χ1n) is 9.36. The zero-order valence-electron chi connectivity index (χ0n) is 15.3. The topological polar surface area (TPSA) is 38.5 Å². The number of anilines is 1. The molecule has 5 heteroatoms. The molecule has 2 heterocycles. The fraction of sp³-hybridized carbons (Fsp3) is 0.174. The third-order valence-electron chi connectivity index (χ3n) is 5.06. The molecule has 1 aliphatic heterocycles. The van der Waals surface area contributed by atoms with Gasteiger partial charge >= 0.3 is 0 Å². The Morgan fingerprint density at radius 2 is 1.46 bits per heavy atom. The van der Waals surface area contributed by atoms with Crippen molar-refractivity contribution in [2.24, 2.45) is 0 Å². The Morgan fingerprint density at radius 3 is 2.21 bits per heavy atom. The Balaban J connectivity index is 1.43. The smallest absolute Gasteiger partial charge is 0.227 e. The number of halogens is 1. The second-order valence-electron chi connectivity index (χ2n) is 6.85. The van der Waals surface area contributed by atoms with Crippen LogP contribution in [0, 0.1) is 0 Å². The summed E-state index contributed by atoms with van der Waals surface area (Å²) in [7, 11) is 0. The lowest BCUT2D eigenvalue weighted by Gasteiger charge is -2.28. The number of benzene rings is 3. The second-order valence-corrected chi connectivity index (χ2v) is 7.29. The van der Waals surface area contributed by atoms with Crippen molar-refractivity contribution < 1.29 is 9.15 Å². The minimum Gasteiger partial charge on any atom is -0.436 e. The van der Waals surface area contributed by atoms with Gasteiger partial charge in [-0.15, -0.1) is 0 Å². The van der Waals surface area contributed by atoms with Crippen molar-refractivity contribution in [3.63, 3.8) is 0 Å². The van der Waals surface area contributed by atoms with Crippen molar-refractivity contribution in [1.82, 2.24) is 4.98 Å². The summed E-state index contributed by atoms with van der Waals surface area (Å²) in [6, 6.07) is 22.3. The summed E-state index contributed by atoms with van der Waals surface area (Å²) in [5.74, 6) is 0.603. The predicted molar refractivity (Wildman–Crippen MR) is 113 cm³/mol. The van der Waals surface area contributed by atoms with Gasteiger partial charge in [0, 0.05) is 29.4 Å². The highest BCUT2D eigenvalue weighted by Gasteiger charge is 2.12. The van der Waals surface area contributed by atoms with Crippen molar-refractivity contribution in [2.75, 3.05) is 31.2 Å². The van der Waals surface area contributed by atoms with E-state index in [0.29, 0.717) is 10.9 Å². The number of ether oxygens (including phenoxy) is 1. The number of oxazole rings is 1. The van der Waals surface area contributed by atoms with Gasteiger partial charge in [0.15, 0.2) is 5.58 Å². The number of hydrogen-bond acceptors (Lipinski definition) is 4. The summed E-state index contributed by atoms with van der Waals surface area (Å²) in [5.41, 5.74) is 6.06. The van der Waals surface area contributed by atoms with Crippen LogP contribution in [0.5, 0.6) is 0 Å². The molecular formula is C23H19ClN2O2. The van der Waals surface area contributed by atoms with Crippen molar-refractivity contribution in [2.45, 2.75) is 0 Å². The van der Waals surface area contributed by atoms with Gasteiger partial charge in [-0.05, 0) is 59.7 Å². The molecule has 1 aliphatic rings. The van der Waals surface area contributed by atoms with Crippen molar-refractivity contribution in [3.05, 3.63) is 71.8 Å². The third kappa shape index (κ3) is 3.37. The summed E-state index contributed by atoms with van der Waals surface area (Å²) < 4.78 is 11.3. The van der Waals surface area contributed by atoms with Gasteiger partial charge in [0.2, 0.25) is 5.89 Å². The van der Waals surface area contributed by atoms with E-state index in [1.807, 2.05) is 30.3 Å². The standard InChI is InChI=1S/C23H19ClN2O2/c24-19-6-1-17(2-7-19)23-25-21-15-18(5-10-22(21)28-23)16-3-8-20(9-4-16)26-11-13-27-14-12-26/h1-10,15H,11-14H2. The molecule has 0 amide bonds. The van der Waals surface area contributed by atoms with Crippen LogP contribution >= 0.6 is 11.6 Å². The molecule has 4 aromatic rings. The normalized spacial score (nSPS) is 14.5. The number of hydrogen-bond donors (Lipinski definition) is 0. The van der Waals surface area contributed by atoms with E-state index in [0.717, 1.165) is 54.1 Å². The van der Waals surface area contributed by atoms with Crippen molar-refractivity contribution >= 4 is 28.4 Å². The fourth-order valence-electron chi connectivity index (χ4n) is 3.51. The molecule has 1 fully saturated rings. The van der Waals surface area contributed by atoms with Gasteiger partial charge in [-0.3, -0.25) is 0 Å². The van der Waals surface area contributed by atoms with Crippen LogP contribution in [0.2, 0.25) is 5.02 Å². The molecule has 5 rings (SSSR count). The zero-order valence-corrected chi connectivity index (χ0v) is 16.0. The van der Waals surface area contributed by atoms with Crippen molar-refractivity contribution in [1.29, 1.82) is 0 Å². The summed E-state index contributed by atoms with van der Waals surface area (Å²) in [5, 5.41) is 0.697. The van der Waals surface area contributed by atoms with E-state index in [2.05, 4.69) is 46.3 Å². The van der Waals surface area contributed by atoms with E-state index in [4.69, 9.17) is 20.8 Å². The number of morpholine rings is 1. The maximum Gasteiger partial charge on any atom is 0.227 e. The largest absolute Gasteiger partial charge is 0.436 e. The molecule has 0 unspecified atom stereocenters. The average molecular weight is 391 g/mol. The van der Waals surface area contributed by atoms with Crippen LogP contribution in [-0.4, -0.2) is 31.3 Å². The summed E-state index contributed by atoms with van der Waals surface area (Å²) >= 11 is 5.97. The second kappa shape index (κ2) is 7.30. The lowest BCUT2D eigenvalue weighted by atomic mass is 10.0. The molecule has 0 atom stereocenters. The minimum absolute atomic E-state index is 0.603. The number of nitrogens with zero attached hydrogens (tertiary/aromatic N) is 2. The molecule has 1 aromatic heterocycles. The highest BCUT2D eigenvalue weighted by molar-refractivity contribution is 6.30. The number of aromatic nitrogens is 1. The van der Waals surface area contributed by atoms with E-state index in [9.17, 15) is 0 Å². The average Bonchev–Trinajstić information content (AvgIpc) is 3.18. The van der Waals surface area contributed by atoms with Crippen LogP contribution in [0.25, 0.3) is 33.7 Å². The molecule has 0 aliphatic carbocycles. The van der Waals surface area contributed by atoms with Crippen LogP contribution in [0.15, 0.2) is 71.1 Å². The van der Waals surface area contributed by atoms with E-state index < -0.39 is 0 Å². The van der Waals surface area contributed by atoms with Crippen LogP contribution < -0.4 is 4.90 Å². The molecule has 0 saturated carbocycles. The van der Waals surface area contributed by atoms with Crippen LogP contribution in [0.4, 0.5) is 5.69 Å².